The maximum absolute atomic E-state index is 2.82. The van der Waals surface area contributed by atoms with Gasteiger partial charge in [-0.1, -0.05) is 363 Å². The largest absolute Gasteiger partial charge is 0.310 e. The summed E-state index contributed by atoms with van der Waals surface area (Å²) in [6, 6.07) is 103. The van der Waals surface area contributed by atoms with Gasteiger partial charge in [0.25, 0.3) is 6.71 Å². The zero-order valence-corrected chi connectivity index (χ0v) is 77.0. The first-order valence-corrected chi connectivity index (χ1v) is 44.3. The van der Waals surface area contributed by atoms with Crippen LogP contribution in [0.25, 0.3) is 72.0 Å². The molecule has 3 heterocycles. The highest BCUT2D eigenvalue weighted by Gasteiger charge is 2.48. The second kappa shape index (κ2) is 28.5. The van der Waals surface area contributed by atoms with E-state index in [0.717, 1.165) is 23.5 Å². The molecule has 0 bridgehead atoms. The molecule has 0 unspecified atom stereocenters. The third kappa shape index (κ3) is 14.5. The first-order chi connectivity index (χ1) is 56.2. The first-order valence-electron chi connectivity index (χ1n) is 44.3. The highest BCUT2D eigenvalue weighted by atomic mass is 15.2. The van der Waals surface area contributed by atoms with Crippen molar-refractivity contribution in [1.82, 2.24) is 4.57 Å². The van der Waals surface area contributed by atoms with Gasteiger partial charge >= 0.3 is 0 Å². The molecule has 17 rings (SSSR count). The van der Waals surface area contributed by atoms with Gasteiger partial charge in [-0.15, -0.1) is 0 Å². The Balaban J connectivity index is 1.08. The molecule has 2 aliphatic heterocycles. The summed E-state index contributed by atoms with van der Waals surface area (Å²) in [7, 11) is 0. The number of rotatable bonds is 8. The normalized spacial score (nSPS) is 14.2. The van der Waals surface area contributed by atoms with Crippen molar-refractivity contribution in [2.45, 2.75) is 248 Å². The van der Waals surface area contributed by atoms with Crippen LogP contribution in [0.4, 0.5) is 34.1 Å². The smallest absolute Gasteiger partial charge is 0.252 e. The Morgan fingerprint density at radius 3 is 0.892 bits per heavy atom. The molecular formula is C116H126BN3. The van der Waals surface area contributed by atoms with Gasteiger partial charge in [-0.05, 0) is 251 Å². The zero-order chi connectivity index (χ0) is 85.6. The summed E-state index contributed by atoms with van der Waals surface area (Å²) < 4.78 is 2.60. The van der Waals surface area contributed by atoms with Gasteiger partial charge in [0, 0.05) is 67.4 Å². The van der Waals surface area contributed by atoms with Gasteiger partial charge in [0.1, 0.15) is 0 Å². The second-order valence-corrected chi connectivity index (χ2v) is 44.8. The molecule has 13 aromatic carbocycles. The molecule has 1 aliphatic carbocycles. The molecule has 0 saturated heterocycles. The van der Waals surface area contributed by atoms with Gasteiger partial charge in [0.2, 0.25) is 0 Å². The van der Waals surface area contributed by atoms with Crippen LogP contribution >= 0.6 is 0 Å². The van der Waals surface area contributed by atoms with Crippen LogP contribution in [-0.4, -0.2) is 11.3 Å². The minimum absolute atomic E-state index is 0.0297. The topological polar surface area (TPSA) is 11.4 Å². The third-order valence-electron chi connectivity index (χ3n) is 26.8. The standard InChI is InChI=1S/C116H126BN3/c1-108(2,3)78-45-36-71(37-46-78)90-64-84(114(19,20)21)65-91(72-38-47-79(48-39-72)109(4,5)6)106(90)119-100-61-77(104-88-34-30-28-32-75(88)60-76-33-29-31-35-89(76)104)44-56-96(100)117-97-57-55-87(118-98-58-53-82(112(13,14)15)62-94(98)95-63-83(113(16,17)18)54-59-99(95)118)70-101(97)120(103-69-86(116(25,26)27)68-102(119)105(103)117)107-92(73-40-49-80(50-41-73)110(7,8)9)66-85(115(22,23)24)67-93(107)74-42-51-81(52-43-74)111(10,11)12/h28-59,61-70,104H,60H2,1-27H3. The summed E-state index contributed by atoms with van der Waals surface area (Å²) in [6.07, 6.45) is 0.898. The van der Waals surface area contributed by atoms with E-state index < -0.39 is 0 Å². The van der Waals surface area contributed by atoms with Crippen LogP contribution in [-0.2, 0) is 55.2 Å². The highest BCUT2D eigenvalue weighted by Crippen LogP contribution is 2.57. The Bertz CT molecular complexity index is 6110. The summed E-state index contributed by atoms with van der Waals surface area (Å²) in [5.41, 5.74) is 41.1. The molecule has 608 valence electrons. The zero-order valence-electron chi connectivity index (χ0n) is 77.0. The third-order valence-corrected chi connectivity index (χ3v) is 26.8. The lowest BCUT2D eigenvalue weighted by molar-refractivity contribution is 0.589. The molecule has 120 heavy (non-hydrogen) atoms. The average molecular weight is 1570 g/mol. The lowest BCUT2D eigenvalue weighted by Gasteiger charge is -2.47. The van der Waals surface area contributed by atoms with E-state index in [1.807, 2.05) is 0 Å². The highest BCUT2D eigenvalue weighted by molar-refractivity contribution is 7.00. The van der Waals surface area contributed by atoms with Gasteiger partial charge in [-0.25, -0.2) is 0 Å². The molecule has 4 heteroatoms. The molecule has 0 amide bonds. The van der Waals surface area contributed by atoms with Gasteiger partial charge in [0.05, 0.1) is 22.4 Å². The summed E-state index contributed by atoms with van der Waals surface area (Å²) in [5.74, 6) is -0.0297. The van der Waals surface area contributed by atoms with Crippen LogP contribution in [0.5, 0.6) is 0 Å². The van der Waals surface area contributed by atoms with Crippen molar-refractivity contribution < 1.29 is 0 Å². The van der Waals surface area contributed by atoms with Crippen molar-refractivity contribution in [2.75, 3.05) is 9.80 Å². The van der Waals surface area contributed by atoms with E-state index in [9.17, 15) is 0 Å². The quantitative estimate of drug-likeness (QED) is 0.141. The van der Waals surface area contributed by atoms with Crippen LogP contribution in [0.2, 0.25) is 0 Å². The van der Waals surface area contributed by atoms with Crippen LogP contribution in [0.3, 0.4) is 0 Å². The van der Waals surface area contributed by atoms with E-state index in [1.165, 1.54) is 183 Å². The molecule has 3 nitrogen and oxygen atoms in total. The predicted molar refractivity (Wildman–Crippen MR) is 521 cm³/mol. The fourth-order valence-electron chi connectivity index (χ4n) is 19.2. The number of anilines is 6. The minimum atomic E-state index is -0.362. The molecule has 3 aliphatic rings. The minimum Gasteiger partial charge on any atom is -0.310 e. The summed E-state index contributed by atoms with van der Waals surface area (Å²) in [6.45, 7) is 63.7. The maximum atomic E-state index is 2.82. The molecule has 0 fully saturated rings. The summed E-state index contributed by atoms with van der Waals surface area (Å²) in [4.78, 5) is 5.64. The second-order valence-electron chi connectivity index (χ2n) is 44.8. The van der Waals surface area contributed by atoms with E-state index in [2.05, 4.69) is 456 Å². The van der Waals surface area contributed by atoms with Crippen molar-refractivity contribution in [3.05, 3.63) is 333 Å². The SMILES string of the molecule is CC(C)(C)c1ccc(-c2cc(C(C)(C)C)cc(-c3ccc(C(C)(C)C)cc3)c2N2c3cc(C4c5ccccc5Cc5ccccc54)ccc3B3c4ccc(-n5c6ccc(C(C)(C)C)cc6c6cc(C(C)(C)C)ccc65)cc4N(c4c(-c5ccc(C(C)(C)C)cc5)cc(C(C)(C)C)cc4-c4ccc(C(C)(C)C)cc4)c4cc(C(C)(C)C)cc2c43)cc1. The Labute approximate surface area is 719 Å². The molecule has 0 saturated carbocycles. The van der Waals surface area contributed by atoms with Crippen molar-refractivity contribution in [3.8, 4) is 50.2 Å². The predicted octanol–water partition coefficient (Wildman–Crippen LogP) is 30.3. The number of nitrogens with zero attached hydrogens (tertiary/aromatic N) is 3. The number of fused-ring (bicyclic) bond motifs is 9. The average Bonchev–Trinajstić information content (AvgIpc) is 0.810. The van der Waals surface area contributed by atoms with Crippen molar-refractivity contribution in [2.24, 2.45) is 0 Å². The summed E-state index contributed by atoms with van der Waals surface area (Å²) in [5, 5.41) is 2.54. The van der Waals surface area contributed by atoms with Gasteiger partial charge in [-0.3, -0.25) is 0 Å². The number of aromatic nitrogens is 1. The van der Waals surface area contributed by atoms with Crippen LogP contribution in [0.15, 0.2) is 255 Å². The first kappa shape index (κ1) is 81.7. The fraction of sp³-hybridized carbons (Fsp3) is 0.328. The molecule has 0 spiro atoms. The Morgan fingerprint density at radius 2 is 0.558 bits per heavy atom. The van der Waals surface area contributed by atoms with E-state index in [1.54, 1.807) is 0 Å². The van der Waals surface area contributed by atoms with Crippen LogP contribution in [0.1, 0.15) is 271 Å². The lowest BCUT2D eigenvalue weighted by atomic mass is 9.33. The molecule has 0 radical (unpaired) electrons. The number of hydrogen-bond acceptors (Lipinski definition) is 2. The van der Waals surface area contributed by atoms with Gasteiger partial charge in [-0.2, -0.15) is 0 Å². The van der Waals surface area contributed by atoms with Crippen LogP contribution in [0, 0.1) is 0 Å². The van der Waals surface area contributed by atoms with Crippen molar-refractivity contribution >= 4 is 79.0 Å². The summed E-state index contributed by atoms with van der Waals surface area (Å²) >= 11 is 0. The van der Waals surface area contributed by atoms with Crippen LogP contribution < -0.4 is 26.2 Å². The van der Waals surface area contributed by atoms with E-state index in [0.29, 0.717) is 0 Å². The van der Waals surface area contributed by atoms with E-state index in [4.69, 9.17) is 0 Å². The molecule has 1 aromatic heterocycles. The molecule has 14 aromatic rings. The monoisotopic (exact) mass is 1570 g/mol. The Kier molecular flexibility index (Phi) is 19.4. The van der Waals surface area contributed by atoms with E-state index in [-0.39, 0.29) is 61.4 Å². The van der Waals surface area contributed by atoms with Crippen molar-refractivity contribution in [1.29, 1.82) is 0 Å². The maximum Gasteiger partial charge on any atom is 0.252 e. The van der Waals surface area contributed by atoms with Gasteiger partial charge in [0.15, 0.2) is 0 Å². The molecule has 0 N–H and O–H groups in total. The lowest BCUT2D eigenvalue weighted by Crippen LogP contribution is -2.61. The van der Waals surface area contributed by atoms with E-state index >= 15 is 0 Å². The Hall–Kier alpha value is -10.7. The Morgan fingerprint density at radius 1 is 0.258 bits per heavy atom. The number of hydrogen-bond donors (Lipinski definition) is 0. The van der Waals surface area contributed by atoms with Crippen molar-refractivity contribution in [3.63, 3.8) is 0 Å². The molecular weight excluding hydrogens is 1450 g/mol. The fourth-order valence-corrected chi connectivity index (χ4v) is 19.2. The number of benzene rings is 13. The molecule has 0 atom stereocenters. The van der Waals surface area contributed by atoms with Gasteiger partial charge < -0.3 is 14.4 Å².